The minimum Gasteiger partial charge on any atom is -0.507 e. The predicted molar refractivity (Wildman–Crippen MR) is 60.9 cm³/mol. The molecule has 0 aliphatic heterocycles. The van der Waals surface area contributed by atoms with Crippen molar-refractivity contribution >= 4 is 0 Å². The molecule has 0 bridgehead atoms. The highest BCUT2D eigenvalue weighted by molar-refractivity contribution is 5.45. The Hall–Kier alpha value is -0.980. The van der Waals surface area contributed by atoms with Crippen LogP contribution in [0.15, 0.2) is 12.1 Å². The lowest BCUT2D eigenvalue weighted by atomic mass is 9.96. The number of rotatable bonds is 4. The zero-order valence-electron chi connectivity index (χ0n) is 9.43. The molecular weight excluding hydrogens is 172 g/mol. The zero-order chi connectivity index (χ0) is 10.6. The Kier molecular flexibility index (Phi) is 3.99. The first-order chi connectivity index (χ1) is 6.74. The van der Waals surface area contributed by atoms with Crippen LogP contribution in [0.25, 0.3) is 0 Å². The molecule has 0 aliphatic rings. The van der Waals surface area contributed by atoms with Crippen molar-refractivity contribution in [2.45, 2.75) is 46.5 Å². The summed E-state index contributed by atoms with van der Waals surface area (Å²) >= 11 is 0. The Morgan fingerprint density at radius 1 is 1.00 bits per heavy atom. The van der Waals surface area contributed by atoms with Crippen LogP contribution in [0.5, 0.6) is 5.75 Å². The minimum absolute atomic E-state index is 0.536. The monoisotopic (exact) mass is 192 g/mol. The Labute approximate surface area is 86.8 Å². The van der Waals surface area contributed by atoms with Gasteiger partial charge in [-0.3, -0.25) is 0 Å². The molecule has 0 aromatic heterocycles. The van der Waals surface area contributed by atoms with Crippen molar-refractivity contribution in [2.24, 2.45) is 0 Å². The minimum atomic E-state index is 0.536. The van der Waals surface area contributed by atoms with Crippen molar-refractivity contribution < 1.29 is 5.11 Å². The molecule has 1 heteroatoms. The highest BCUT2D eigenvalue weighted by Gasteiger charge is 2.08. The highest BCUT2D eigenvalue weighted by atomic mass is 16.3. The molecule has 0 radical (unpaired) electrons. The van der Waals surface area contributed by atoms with E-state index in [0.717, 1.165) is 36.8 Å². The fourth-order valence-electron chi connectivity index (χ4n) is 1.92. The summed E-state index contributed by atoms with van der Waals surface area (Å²) in [7, 11) is 0. The van der Waals surface area contributed by atoms with Gasteiger partial charge in [-0.05, 0) is 36.0 Å². The van der Waals surface area contributed by atoms with Crippen LogP contribution >= 0.6 is 0 Å². The Balaban J connectivity index is 3.13. The smallest absolute Gasteiger partial charge is 0.122 e. The van der Waals surface area contributed by atoms with Gasteiger partial charge in [-0.15, -0.1) is 0 Å². The number of phenolic OH excluding ortho intramolecular Hbond substituents is 1. The van der Waals surface area contributed by atoms with E-state index >= 15 is 0 Å². The molecule has 14 heavy (non-hydrogen) atoms. The number of aromatic hydroxyl groups is 1. The van der Waals surface area contributed by atoms with E-state index < -0.39 is 0 Å². The van der Waals surface area contributed by atoms with Gasteiger partial charge in [0.15, 0.2) is 0 Å². The van der Waals surface area contributed by atoms with E-state index in [1.54, 1.807) is 0 Å². The highest BCUT2D eigenvalue weighted by Crippen LogP contribution is 2.27. The third-order valence-electron chi connectivity index (χ3n) is 2.72. The molecule has 0 amide bonds. The largest absolute Gasteiger partial charge is 0.507 e. The summed E-state index contributed by atoms with van der Waals surface area (Å²) in [5.74, 6) is 0.536. The summed E-state index contributed by atoms with van der Waals surface area (Å²) < 4.78 is 0. The Morgan fingerprint density at radius 3 is 2.14 bits per heavy atom. The lowest BCUT2D eigenvalue weighted by Gasteiger charge is -2.12. The Bertz CT molecular complexity index is 302. The SMILES string of the molecule is CCCc1ccc(CC)c(CC)c1O. The van der Waals surface area contributed by atoms with E-state index in [1.807, 2.05) is 0 Å². The molecule has 0 saturated heterocycles. The van der Waals surface area contributed by atoms with Gasteiger partial charge < -0.3 is 5.11 Å². The average Bonchev–Trinajstić information content (AvgIpc) is 2.21. The third-order valence-corrected chi connectivity index (χ3v) is 2.72. The van der Waals surface area contributed by atoms with Gasteiger partial charge in [0.2, 0.25) is 0 Å². The van der Waals surface area contributed by atoms with Gasteiger partial charge in [0.05, 0.1) is 0 Å². The van der Waals surface area contributed by atoms with Crippen LogP contribution in [0.1, 0.15) is 43.9 Å². The first kappa shape index (κ1) is 11.1. The molecule has 1 nitrogen and oxygen atoms in total. The fraction of sp³-hybridized carbons (Fsp3) is 0.538. The van der Waals surface area contributed by atoms with E-state index in [-0.39, 0.29) is 0 Å². The number of hydrogen-bond donors (Lipinski definition) is 1. The first-order valence-corrected chi connectivity index (χ1v) is 5.57. The standard InChI is InChI=1S/C13H20O/c1-4-7-11-9-8-10(5-2)12(6-3)13(11)14/h8-9,14H,4-7H2,1-3H3. The molecule has 0 spiro atoms. The fourth-order valence-corrected chi connectivity index (χ4v) is 1.92. The molecule has 0 aliphatic carbocycles. The van der Waals surface area contributed by atoms with Crippen LogP contribution in [0.3, 0.4) is 0 Å². The van der Waals surface area contributed by atoms with Crippen molar-refractivity contribution in [1.29, 1.82) is 0 Å². The molecule has 0 atom stereocenters. The van der Waals surface area contributed by atoms with Crippen molar-refractivity contribution in [2.75, 3.05) is 0 Å². The van der Waals surface area contributed by atoms with E-state index in [9.17, 15) is 5.11 Å². The summed E-state index contributed by atoms with van der Waals surface area (Å²) in [4.78, 5) is 0. The van der Waals surface area contributed by atoms with E-state index in [2.05, 4.69) is 32.9 Å². The van der Waals surface area contributed by atoms with E-state index in [0.29, 0.717) is 5.75 Å². The molecule has 0 unspecified atom stereocenters. The second kappa shape index (κ2) is 5.04. The van der Waals surface area contributed by atoms with Gasteiger partial charge in [-0.2, -0.15) is 0 Å². The second-order valence-corrected chi connectivity index (χ2v) is 3.67. The summed E-state index contributed by atoms with van der Waals surface area (Å²) in [5.41, 5.74) is 3.52. The molecule has 0 saturated carbocycles. The maximum atomic E-state index is 10.0. The zero-order valence-corrected chi connectivity index (χ0v) is 9.43. The van der Waals surface area contributed by atoms with E-state index in [4.69, 9.17) is 0 Å². The number of hydrogen-bond acceptors (Lipinski definition) is 1. The van der Waals surface area contributed by atoms with Crippen LogP contribution in [0.2, 0.25) is 0 Å². The summed E-state index contributed by atoms with van der Waals surface area (Å²) in [6.07, 6.45) is 3.99. The summed E-state index contributed by atoms with van der Waals surface area (Å²) in [6, 6.07) is 4.22. The molecule has 0 heterocycles. The van der Waals surface area contributed by atoms with Crippen LogP contribution < -0.4 is 0 Å². The third kappa shape index (κ3) is 2.09. The van der Waals surface area contributed by atoms with Crippen molar-refractivity contribution in [1.82, 2.24) is 0 Å². The molecule has 1 rings (SSSR count). The Morgan fingerprint density at radius 2 is 1.64 bits per heavy atom. The van der Waals surface area contributed by atoms with Crippen molar-refractivity contribution in [3.63, 3.8) is 0 Å². The molecule has 1 aromatic carbocycles. The normalized spacial score (nSPS) is 10.5. The van der Waals surface area contributed by atoms with Crippen molar-refractivity contribution in [3.8, 4) is 5.75 Å². The van der Waals surface area contributed by atoms with Crippen LogP contribution in [0.4, 0.5) is 0 Å². The van der Waals surface area contributed by atoms with Gasteiger partial charge in [0, 0.05) is 0 Å². The maximum Gasteiger partial charge on any atom is 0.122 e. The summed E-state index contributed by atoms with van der Waals surface area (Å²) in [6.45, 7) is 6.37. The number of phenols is 1. The van der Waals surface area contributed by atoms with Crippen LogP contribution in [-0.2, 0) is 19.3 Å². The average molecular weight is 192 g/mol. The van der Waals surface area contributed by atoms with Crippen LogP contribution in [0, 0.1) is 0 Å². The lowest BCUT2D eigenvalue weighted by Crippen LogP contribution is -1.95. The lowest BCUT2D eigenvalue weighted by molar-refractivity contribution is 0.460. The molecular formula is C13H20O. The molecule has 0 fully saturated rings. The van der Waals surface area contributed by atoms with E-state index in [1.165, 1.54) is 5.56 Å². The van der Waals surface area contributed by atoms with Gasteiger partial charge in [-0.1, -0.05) is 39.3 Å². The molecule has 78 valence electrons. The molecule has 1 N–H and O–H groups in total. The van der Waals surface area contributed by atoms with Gasteiger partial charge in [0.25, 0.3) is 0 Å². The topological polar surface area (TPSA) is 20.2 Å². The van der Waals surface area contributed by atoms with Gasteiger partial charge in [0.1, 0.15) is 5.75 Å². The second-order valence-electron chi connectivity index (χ2n) is 3.67. The quantitative estimate of drug-likeness (QED) is 0.774. The van der Waals surface area contributed by atoms with Gasteiger partial charge >= 0.3 is 0 Å². The number of benzene rings is 1. The maximum absolute atomic E-state index is 10.0. The van der Waals surface area contributed by atoms with Crippen molar-refractivity contribution in [3.05, 3.63) is 28.8 Å². The number of aryl methyl sites for hydroxylation is 2. The predicted octanol–water partition coefficient (Wildman–Crippen LogP) is 3.47. The molecule has 1 aromatic rings. The van der Waals surface area contributed by atoms with Gasteiger partial charge in [-0.25, -0.2) is 0 Å². The first-order valence-electron chi connectivity index (χ1n) is 5.57. The van der Waals surface area contributed by atoms with Crippen LogP contribution in [-0.4, -0.2) is 5.11 Å². The summed E-state index contributed by atoms with van der Waals surface area (Å²) in [5, 5.41) is 10.0.